The van der Waals surface area contributed by atoms with E-state index in [0.717, 1.165) is 69.8 Å². The van der Waals surface area contributed by atoms with E-state index in [0.29, 0.717) is 5.92 Å². The highest BCUT2D eigenvalue weighted by molar-refractivity contribution is 5.90. The van der Waals surface area contributed by atoms with E-state index in [2.05, 4.69) is 75.0 Å². The Hall–Kier alpha value is -3.35. The third-order valence-electron chi connectivity index (χ3n) is 7.98. The topological polar surface area (TPSA) is 67.8 Å². The number of likely N-dealkylation sites (tertiary alicyclic amines) is 2. The smallest absolute Gasteiger partial charge is 0.319 e. The number of nitrogens with one attached hydrogen (secondary N) is 2. The first kappa shape index (κ1) is 26.3. The summed E-state index contributed by atoms with van der Waals surface area (Å²) >= 11 is 0. The molecule has 3 N–H and O–H groups in total. The summed E-state index contributed by atoms with van der Waals surface area (Å²) in [4.78, 5) is 17.8. The van der Waals surface area contributed by atoms with Gasteiger partial charge in [0.05, 0.1) is 0 Å². The van der Waals surface area contributed by atoms with E-state index < -0.39 is 0 Å². The monoisotopic (exact) mass is 512 g/mol. The van der Waals surface area contributed by atoms with E-state index in [1.54, 1.807) is 12.1 Å². The first-order valence-corrected chi connectivity index (χ1v) is 14.0. The predicted octanol–water partition coefficient (Wildman–Crippen LogP) is 5.63. The molecule has 38 heavy (non-hydrogen) atoms. The number of hydrogen-bond donors (Lipinski definition) is 3. The number of piperidine rings is 2. The number of carbonyl (C=O) groups excluding carboxylic acids is 1. The van der Waals surface area contributed by atoms with Gasteiger partial charge in [-0.1, -0.05) is 60.7 Å². The van der Waals surface area contributed by atoms with Crippen LogP contribution in [0.3, 0.4) is 0 Å². The molecule has 3 aromatic carbocycles. The van der Waals surface area contributed by atoms with Crippen molar-refractivity contribution in [2.24, 2.45) is 5.92 Å². The number of carbonyl (C=O) groups is 1. The minimum Gasteiger partial charge on any atom is -0.508 e. The lowest BCUT2D eigenvalue weighted by molar-refractivity contribution is 0.177. The second kappa shape index (κ2) is 12.9. The van der Waals surface area contributed by atoms with Crippen molar-refractivity contribution in [2.75, 3.05) is 31.5 Å². The van der Waals surface area contributed by atoms with Crippen LogP contribution < -0.4 is 10.6 Å². The number of phenolic OH excluding ortho intramolecular Hbond substituents is 1. The van der Waals surface area contributed by atoms with E-state index in [4.69, 9.17) is 0 Å². The van der Waals surface area contributed by atoms with Crippen LogP contribution in [0, 0.1) is 5.92 Å². The van der Waals surface area contributed by atoms with Crippen molar-refractivity contribution in [3.05, 3.63) is 95.6 Å². The number of aromatic hydroxyl groups is 1. The zero-order valence-corrected chi connectivity index (χ0v) is 22.2. The van der Waals surface area contributed by atoms with Gasteiger partial charge in [-0.05, 0) is 86.0 Å². The standard InChI is InChI=1S/C32H40N4O2/c37-30-11-12-31(28(22-30)24-36-17-13-26(14-18-36)21-25-7-3-1-4-8-25)34-32(38)33-29-15-19-35(20-16-29)23-27-9-5-2-6-10-27/h1-12,22,26,29,37H,13-21,23-24H2,(H2,33,34,38). The summed E-state index contributed by atoms with van der Waals surface area (Å²) in [6.07, 6.45) is 5.36. The molecular formula is C32H40N4O2. The Morgan fingerprint density at radius 2 is 1.37 bits per heavy atom. The molecule has 0 aliphatic carbocycles. The zero-order valence-electron chi connectivity index (χ0n) is 22.2. The van der Waals surface area contributed by atoms with Gasteiger partial charge in [0.2, 0.25) is 0 Å². The second-order valence-electron chi connectivity index (χ2n) is 10.9. The molecule has 0 spiro atoms. The average molecular weight is 513 g/mol. The van der Waals surface area contributed by atoms with Crippen molar-refractivity contribution in [3.63, 3.8) is 0 Å². The summed E-state index contributed by atoms with van der Waals surface area (Å²) < 4.78 is 0. The minimum absolute atomic E-state index is 0.167. The Morgan fingerprint density at radius 3 is 2.05 bits per heavy atom. The van der Waals surface area contributed by atoms with E-state index in [1.165, 1.54) is 24.0 Å². The molecule has 5 rings (SSSR count). The summed E-state index contributed by atoms with van der Waals surface area (Å²) in [5.41, 5.74) is 4.47. The zero-order chi connectivity index (χ0) is 26.2. The van der Waals surface area contributed by atoms with Crippen LogP contribution in [-0.2, 0) is 19.5 Å². The summed E-state index contributed by atoms with van der Waals surface area (Å²) in [6.45, 7) is 5.69. The van der Waals surface area contributed by atoms with Crippen LogP contribution in [0.2, 0.25) is 0 Å². The van der Waals surface area contributed by atoms with E-state index in [9.17, 15) is 9.90 Å². The van der Waals surface area contributed by atoms with Gasteiger partial charge in [-0.2, -0.15) is 0 Å². The van der Waals surface area contributed by atoms with Crippen LogP contribution >= 0.6 is 0 Å². The Balaban J connectivity index is 1.09. The normalized spacial score (nSPS) is 17.8. The lowest BCUT2D eigenvalue weighted by Crippen LogP contribution is -2.45. The van der Waals surface area contributed by atoms with Crippen molar-refractivity contribution in [1.29, 1.82) is 0 Å². The molecule has 6 nitrogen and oxygen atoms in total. The molecule has 0 radical (unpaired) electrons. The maximum absolute atomic E-state index is 12.9. The largest absolute Gasteiger partial charge is 0.508 e. The van der Waals surface area contributed by atoms with Gasteiger partial charge in [-0.15, -0.1) is 0 Å². The van der Waals surface area contributed by atoms with Gasteiger partial charge < -0.3 is 15.7 Å². The molecule has 2 heterocycles. The van der Waals surface area contributed by atoms with Gasteiger partial charge in [-0.3, -0.25) is 9.80 Å². The molecule has 2 aliphatic rings. The van der Waals surface area contributed by atoms with E-state index >= 15 is 0 Å². The molecule has 0 bridgehead atoms. The fourth-order valence-corrected chi connectivity index (χ4v) is 5.79. The van der Waals surface area contributed by atoms with Crippen LogP contribution in [0.4, 0.5) is 10.5 Å². The number of anilines is 1. The summed E-state index contributed by atoms with van der Waals surface area (Å²) in [7, 11) is 0. The highest BCUT2D eigenvalue weighted by Crippen LogP contribution is 2.27. The molecule has 2 aliphatic heterocycles. The Kier molecular flexibility index (Phi) is 8.94. The number of rotatable bonds is 8. The number of benzene rings is 3. The average Bonchev–Trinajstić information content (AvgIpc) is 2.94. The first-order chi connectivity index (χ1) is 18.6. The van der Waals surface area contributed by atoms with E-state index in [-0.39, 0.29) is 17.8 Å². The maximum atomic E-state index is 12.9. The molecule has 2 fully saturated rings. The van der Waals surface area contributed by atoms with Crippen LogP contribution in [0.1, 0.15) is 42.4 Å². The van der Waals surface area contributed by atoms with Crippen molar-refractivity contribution in [3.8, 4) is 5.75 Å². The highest BCUT2D eigenvalue weighted by Gasteiger charge is 2.23. The van der Waals surface area contributed by atoms with Gasteiger partial charge >= 0.3 is 6.03 Å². The Morgan fingerprint density at radius 1 is 0.763 bits per heavy atom. The molecular weight excluding hydrogens is 472 g/mol. The Bertz CT molecular complexity index is 1150. The molecule has 2 amide bonds. The van der Waals surface area contributed by atoms with Crippen LogP contribution in [0.15, 0.2) is 78.9 Å². The van der Waals surface area contributed by atoms with Gasteiger partial charge in [0, 0.05) is 37.9 Å². The molecule has 200 valence electrons. The van der Waals surface area contributed by atoms with Crippen molar-refractivity contribution >= 4 is 11.7 Å². The van der Waals surface area contributed by atoms with Gasteiger partial charge in [0.1, 0.15) is 5.75 Å². The summed E-state index contributed by atoms with van der Waals surface area (Å²) in [5, 5.41) is 16.4. The lowest BCUT2D eigenvalue weighted by atomic mass is 9.90. The third-order valence-corrected chi connectivity index (χ3v) is 7.98. The summed E-state index contributed by atoms with van der Waals surface area (Å²) in [6, 6.07) is 26.5. The molecule has 2 saturated heterocycles. The first-order valence-electron chi connectivity index (χ1n) is 14.0. The number of urea groups is 1. The molecule has 0 saturated carbocycles. The second-order valence-corrected chi connectivity index (χ2v) is 10.9. The molecule has 0 unspecified atom stereocenters. The van der Waals surface area contributed by atoms with E-state index in [1.807, 2.05) is 12.1 Å². The molecule has 0 atom stereocenters. The third kappa shape index (κ3) is 7.59. The highest BCUT2D eigenvalue weighted by atomic mass is 16.3. The Labute approximate surface area is 226 Å². The molecule has 6 heteroatoms. The van der Waals surface area contributed by atoms with Crippen molar-refractivity contribution in [2.45, 2.75) is 51.2 Å². The quantitative estimate of drug-likeness (QED) is 0.342. The summed E-state index contributed by atoms with van der Waals surface area (Å²) in [5.74, 6) is 0.941. The molecule has 3 aromatic rings. The lowest BCUT2D eigenvalue weighted by Gasteiger charge is -2.33. The maximum Gasteiger partial charge on any atom is 0.319 e. The minimum atomic E-state index is -0.167. The van der Waals surface area contributed by atoms with Gasteiger partial charge in [0.25, 0.3) is 0 Å². The SMILES string of the molecule is O=C(Nc1ccc(O)cc1CN1CCC(Cc2ccccc2)CC1)NC1CCN(Cc2ccccc2)CC1. The number of nitrogens with zero attached hydrogens (tertiary/aromatic N) is 2. The predicted molar refractivity (Wildman–Crippen MR) is 153 cm³/mol. The van der Waals surface area contributed by atoms with Crippen LogP contribution in [0.25, 0.3) is 0 Å². The van der Waals surface area contributed by atoms with Gasteiger partial charge in [0.15, 0.2) is 0 Å². The van der Waals surface area contributed by atoms with Crippen molar-refractivity contribution < 1.29 is 9.90 Å². The number of amides is 2. The number of hydrogen-bond acceptors (Lipinski definition) is 4. The van der Waals surface area contributed by atoms with Crippen molar-refractivity contribution in [1.82, 2.24) is 15.1 Å². The fraction of sp³-hybridized carbons (Fsp3) is 0.406. The fourth-order valence-electron chi connectivity index (χ4n) is 5.79. The van der Waals surface area contributed by atoms with Crippen LogP contribution in [-0.4, -0.2) is 53.2 Å². The molecule has 0 aromatic heterocycles. The number of phenols is 1. The van der Waals surface area contributed by atoms with Gasteiger partial charge in [-0.25, -0.2) is 4.79 Å². The van der Waals surface area contributed by atoms with Crippen LogP contribution in [0.5, 0.6) is 5.75 Å².